The van der Waals surface area contributed by atoms with Crippen molar-refractivity contribution in [2.75, 3.05) is 5.32 Å². The van der Waals surface area contributed by atoms with Gasteiger partial charge in [0, 0.05) is 5.39 Å². The summed E-state index contributed by atoms with van der Waals surface area (Å²) in [7, 11) is 0. The first-order valence-electron chi connectivity index (χ1n) is 8.05. The van der Waals surface area contributed by atoms with Crippen LogP contribution in [0.1, 0.15) is 21.5 Å². The van der Waals surface area contributed by atoms with Gasteiger partial charge in [0.2, 0.25) is 0 Å². The van der Waals surface area contributed by atoms with Crippen LogP contribution >= 0.6 is 0 Å². The van der Waals surface area contributed by atoms with Crippen molar-refractivity contribution in [2.45, 2.75) is 13.5 Å². The Kier molecular flexibility index (Phi) is 3.82. The lowest BCUT2D eigenvalue weighted by Gasteiger charge is -2.04. The van der Waals surface area contributed by atoms with Crippen molar-refractivity contribution in [1.29, 1.82) is 0 Å². The number of fused-ring (bicyclic) bond motifs is 1. The van der Waals surface area contributed by atoms with Crippen molar-refractivity contribution in [1.82, 2.24) is 9.78 Å². The number of nitrogens with one attached hydrogen (secondary N) is 1. The summed E-state index contributed by atoms with van der Waals surface area (Å²) in [6, 6.07) is 17.9. The van der Waals surface area contributed by atoms with E-state index in [2.05, 4.69) is 41.6 Å². The number of hydrogen-bond donors (Lipinski definition) is 1. The molecule has 0 atom stereocenters. The van der Waals surface area contributed by atoms with Gasteiger partial charge in [-0.2, -0.15) is 5.10 Å². The van der Waals surface area contributed by atoms with Gasteiger partial charge in [-0.05, 0) is 30.7 Å². The van der Waals surface area contributed by atoms with Crippen molar-refractivity contribution in [3.05, 3.63) is 83.8 Å². The number of aromatic nitrogens is 2. The number of carbonyl (C=O) groups excluding carboxylic acids is 1. The first kappa shape index (κ1) is 15.2. The molecule has 5 heteroatoms. The van der Waals surface area contributed by atoms with Gasteiger partial charge in [0.1, 0.15) is 6.26 Å². The number of hydrogen-bond acceptors (Lipinski definition) is 3. The zero-order chi connectivity index (χ0) is 17.2. The van der Waals surface area contributed by atoms with E-state index in [4.69, 9.17) is 4.42 Å². The molecule has 1 N–H and O–H groups in total. The Labute approximate surface area is 144 Å². The standard InChI is InChI=1S/C20H17N3O2/c1-14-6-8-15(9-7-14)12-23-18-5-3-2-4-17(18)19(22-23)21-20(24)16-10-11-25-13-16/h2-11,13H,12H2,1H3,(H,21,22,24). The van der Waals surface area contributed by atoms with E-state index in [9.17, 15) is 4.79 Å². The molecule has 0 unspecified atom stereocenters. The monoisotopic (exact) mass is 331 g/mol. The molecule has 0 aliphatic rings. The molecule has 2 aromatic heterocycles. The quantitative estimate of drug-likeness (QED) is 0.608. The van der Waals surface area contributed by atoms with Crippen LogP contribution in [0.5, 0.6) is 0 Å². The summed E-state index contributed by atoms with van der Waals surface area (Å²) in [5.41, 5.74) is 3.83. The highest BCUT2D eigenvalue weighted by molar-refractivity contribution is 6.07. The maximum absolute atomic E-state index is 12.3. The molecule has 5 nitrogen and oxygen atoms in total. The molecule has 1 amide bonds. The van der Waals surface area contributed by atoms with E-state index >= 15 is 0 Å². The molecule has 2 heterocycles. The zero-order valence-corrected chi connectivity index (χ0v) is 13.8. The minimum atomic E-state index is -0.237. The minimum Gasteiger partial charge on any atom is -0.472 e. The van der Waals surface area contributed by atoms with Crippen LogP contribution in [-0.2, 0) is 6.54 Å². The Bertz CT molecular complexity index is 1010. The summed E-state index contributed by atoms with van der Waals surface area (Å²) in [5.74, 6) is 0.313. The van der Waals surface area contributed by atoms with Crippen molar-refractivity contribution in [2.24, 2.45) is 0 Å². The average molecular weight is 331 g/mol. The molecular formula is C20H17N3O2. The van der Waals surface area contributed by atoms with Gasteiger partial charge in [0.15, 0.2) is 5.82 Å². The number of aryl methyl sites for hydroxylation is 1. The van der Waals surface area contributed by atoms with Gasteiger partial charge in [-0.3, -0.25) is 9.48 Å². The number of anilines is 1. The van der Waals surface area contributed by atoms with Gasteiger partial charge >= 0.3 is 0 Å². The van der Waals surface area contributed by atoms with Crippen molar-refractivity contribution in [3.8, 4) is 0 Å². The topological polar surface area (TPSA) is 60.1 Å². The lowest BCUT2D eigenvalue weighted by Crippen LogP contribution is -2.12. The summed E-state index contributed by atoms with van der Waals surface area (Å²) in [6.07, 6.45) is 2.89. The van der Waals surface area contributed by atoms with Crippen LogP contribution < -0.4 is 5.32 Å². The normalized spacial score (nSPS) is 10.9. The van der Waals surface area contributed by atoms with Crippen LogP contribution in [0.3, 0.4) is 0 Å². The number of rotatable bonds is 4. The fraction of sp³-hybridized carbons (Fsp3) is 0.100. The average Bonchev–Trinajstić information content (AvgIpc) is 3.27. The Balaban J connectivity index is 1.68. The van der Waals surface area contributed by atoms with E-state index in [0.29, 0.717) is 17.9 Å². The molecule has 0 spiro atoms. The van der Waals surface area contributed by atoms with E-state index < -0.39 is 0 Å². The highest BCUT2D eigenvalue weighted by atomic mass is 16.3. The van der Waals surface area contributed by atoms with E-state index in [1.807, 2.05) is 28.9 Å². The largest absolute Gasteiger partial charge is 0.472 e. The molecule has 0 radical (unpaired) electrons. The third kappa shape index (κ3) is 3.04. The fourth-order valence-electron chi connectivity index (χ4n) is 2.78. The first-order valence-corrected chi connectivity index (χ1v) is 8.05. The van der Waals surface area contributed by atoms with Crippen molar-refractivity contribution >= 4 is 22.6 Å². The molecular weight excluding hydrogens is 314 g/mol. The molecule has 4 rings (SSSR count). The second kappa shape index (κ2) is 6.28. The number of amides is 1. The smallest absolute Gasteiger partial charge is 0.260 e. The third-order valence-electron chi connectivity index (χ3n) is 4.13. The first-order chi connectivity index (χ1) is 12.2. The molecule has 0 bridgehead atoms. The Morgan fingerprint density at radius 3 is 2.68 bits per heavy atom. The predicted octanol–water partition coefficient (Wildman–Crippen LogP) is 4.24. The summed E-state index contributed by atoms with van der Waals surface area (Å²) >= 11 is 0. The van der Waals surface area contributed by atoms with Gasteiger partial charge in [0.25, 0.3) is 5.91 Å². The summed E-state index contributed by atoms with van der Waals surface area (Å²) in [5, 5.41) is 8.39. The van der Waals surface area contributed by atoms with Crippen LogP contribution in [0, 0.1) is 6.92 Å². The number of benzene rings is 2. The molecule has 2 aromatic carbocycles. The number of para-hydroxylation sites is 1. The molecule has 0 saturated carbocycles. The van der Waals surface area contributed by atoms with E-state index in [0.717, 1.165) is 16.5 Å². The second-order valence-corrected chi connectivity index (χ2v) is 5.98. The van der Waals surface area contributed by atoms with Crippen molar-refractivity contribution in [3.63, 3.8) is 0 Å². The molecule has 0 aliphatic carbocycles. The van der Waals surface area contributed by atoms with E-state index in [1.165, 1.54) is 18.1 Å². The van der Waals surface area contributed by atoms with Crippen LogP contribution in [0.2, 0.25) is 0 Å². The highest BCUT2D eigenvalue weighted by Crippen LogP contribution is 2.24. The predicted molar refractivity (Wildman–Crippen MR) is 96.7 cm³/mol. The van der Waals surface area contributed by atoms with Crippen LogP contribution in [0.25, 0.3) is 10.9 Å². The van der Waals surface area contributed by atoms with Gasteiger partial charge in [-0.25, -0.2) is 0 Å². The maximum atomic E-state index is 12.3. The molecule has 0 fully saturated rings. The summed E-state index contributed by atoms with van der Waals surface area (Å²) in [4.78, 5) is 12.3. The molecule has 0 aliphatic heterocycles. The lowest BCUT2D eigenvalue weighted by molar-refractivity contribution is 0.102. The summed E-state index contributed by atoms with van der Waals surface area (Å²) < 4.78 is 6.88. The Hall–Kier alpha value is -3.34. The van der Waals surface area contributed by atoms with Crippen LogP contribution in [0.15, 0.2) is 71.5 Å². The van der Waals surface area contributed by atoms with E-state index in [1.54, 1.807) is 6.07 Å². The number of furan rings is 1. The Morgan fingerprint density at radius 1 is 1.12 bits per heavy atom. The molecule has 124 valence electrons. The fourth-order valence-corrected chi connectivity index (χ4v) is 2.78. The third-order valence-corrected chi connectivity index (χ3v) is 4.13. The van der Waals surface area contributed by atoms with Crippen LogP contribution in [0.4, 0.5) is 5.82 Å². The number of carbonyl (C=O) groups is 1. The second-order valence-electron chi connectivity index (χ2n) is 5.98. The molecule has 25 heavy (non-hydrogen) atoms. The van der Waals surface area contributed by atoms with Gasteiger partial charge < -0.3 is 9.73 Å². The minimum absolute atomic E-state index is 0.237. The maximum Gasteiger partial charge on any atom is 0.260 e. The number of nitrogens with zero attached hydrogens (tertiary/aromatic N) is 2. The highest BCUT2D eigenvalue weighted by Gasteiger charge is 2.14. The van der Waals surface area contributed by atoms with E-state index in [-0.39, 0.29) is 5.91 Å². The molecule has 4 aromatic rings. The molecule has 0 saturated heterocycles. The summed E-state index contributed by atoms with van der Waals surface area (Å²) in [6.45, 7) is 2.71. The van der Waals surface area contributed by atoms with Crippen LogP contribution in [-0.4, -0.2) is 15.7 Å². The van der Waals surface area contributed by atoms with Gasteiger partial charge in [-0.1, -0.05) is 42.0 Å². The zero-order valence-electron chi connectivity index (χ0n) is 13.8. The Morgan fingerprint density at radius 2 is 1.92 bits per heavy atom. The van der Waals surface area contributed by atoms with Gasteiger partial charge in [0.05, 0.1) is 23.9 Å². The SMILES string of the molecule is Cc1ccc(Cn2nc(NC(=O)c3ccoc3)c3ccccc32)cc1. The van der Waals surface area contributed by atoms with Gasteiger partial charge in [-0.15, -0.1) is 0 Å². The lowest BCUT2D eigenvalue weighted by atomic mass is 10.1. The van der Waals surface area contributed by atoms with Crippen molar-refractivity contribution < 1.29 is 9.21 Å².